The number of hydrogen-bond acceptors (Lipinski definition) is 5. The number of nitrogens with zero attached hydrogens (tertiary/aromatic N) is 5. The van der Waals surface area contributed by atoms with E-state index < -0.39 is 0 Å². The topological polar surface area (TPSA) is 64.5 Å². The lowest BCUT2D eigenvalue weighted by Crippen LogP contribution is -2.17. The van der Waals surface area contributed by atoms with E-state index in [0.29, 0.717) is 17.5 Å². The molecule has 5 heteroatoms. The molecule has 0 amide bonds. The zero-order valence-corrected chi connectivity index (χ0v) is 31.7. The van der Waals surface area contributed by atoms with Crippen molar-refractivity contribution in [3.8, 4) is 67.8 Å². The second kappa shape index (κ2) is 11.8. The number of hydrogen-bond donors (Lipinski definition) is 0. The average molecular weight is 720 g/mol. The van der Waals surface area contributed by atoms with Gasteiger partial charge in [-0.05, 0) is 91.3 Å². The summed E-state index contributed by atoms with van der Waals surface area (Å²) in [6, 6.07) is 49.5. The molecule has 0 unspecified atom stereocenters. The molecule has 0 fully saturated rings. The van der Waals surface area contributed by atoms with E-state index in [0.717, 1.165) is 50.0 Å². The Bertz CT molecular complexity index is 3100. The van der Waals surface area contributed by atoms with E-state index >= 15 is 0 Å². The van der Waals surface area contributed by atoms with Crippen molar-refractivity contribution in [1.82, 2.24) is 24.9 Å². The standard InChI is InChI=1S/C51H37N5/c1-50(2)41-20-11-23-52-45(41)39-27-43-40(28-42(39)50)46-44(51(43,3)4)26-36(29-53-46)48-54-47(55-49(56-48)38-19-10-15-31-13-7-8-18-37(31)38)35-17-9-16-33(25-35)34-22-21-30-12-5-6-14-32(30)24-34/h5-29H,1-4H3. The lowest BCUT2D eigenvalue weighted by molar-refractivity contribution is 0.651. The number of benzene rings is 6. The molecule has 3 aromatic heterocycles. The molecule has 0 radical (unpaired) electrons. The van der Waals surface area contributed by atoms with Gasteiger partial charge >= 0.3 is 0 Å². The SMILES string of the molecule is CC1(C)c2cc3c(cc2-c2ncccc21)C(C)(C)c1cc(-c2nc(-c4cccc(-c5ccc6ccccc6c5)c4)nc(-c4cccc5ccccc45)n2)cnc1-3. The highest BCUT2D eigenvalue weighted by Gasteiger charge is 2.43. The molecule has 5 nitrogen and oxygen atoms in total. The van der Waals surface area contributed by atoms with Crippen LogP contribution in [0.15, 0.2) is 152 Å². The van der Waals surface area contributed by atoms with Gasteiger partial charge in [0.1, 0.15) is 0 Å². The largest absolute Gasteiger partial charge is 0.256 e. The molecule has 9 aromatic rings. The van der Waals surface area contributed by atoms with Crippen LogP contribution in [-0.4, -0.2) is 24.9 Å². The third-order valence-electron chi connectivity index (χ3n) is 12.2. The summed E-state index contributed by atoms with van der Waals surface area (Å²) in [6.07, 6.45) is 3.84. The minimum Gasteiger partial charge on any atom is -0.256 e. The van der Waals surface area contributed by atoms with Crippen molar-refractivity contribution in [1.29, 1.82) is 0 Å². The molecule has 0 saturated heterocycles. The summed E-state index contributed by atoms with van der Waals surface area (Å²) in [6.45, 7) is 9.19. The highest BCUT2D eigenvalue weighted by molar-refractivity contribution is 5.96. The van der Waals surface area contributed by atoms with Crippen molar-refractivity contribution in [3.05, 3.63) is 174 Å². The summed E-state index contributed by atoms with van der Waals surface area (Å²) in [4.78, 5) is 25.7. The lowest BCUT2D eigenvalue weighted by atomic mass is 9.79. The molecule has 2 aliphatic rings. The quantitative estimate of drug-likeness (QED) is 0.181. The molecule has 3 heterocycles. The summed E-state index contributed by atoms with van der Waals surface area (Å²) in [7, 11) is 0. The van der Waals surface area contributed by atoms with Gasteiger partial charge in [-0.15, -0.1) is 0 Å². The first-order valence-corrected chi connectivity index (χ1v) is 19.2. The predicted molar refractivity (Wildman–Crippen MR) is 227 cm³/mol. The maximum atomic E-state index is 5.21. The van der Waals surface area contributed by atoms with E-state index in [2.05, 4.69) is 161 Å². The molecule has 0 N–H and O–H groups in total. The van der Waals surface area contributed by atoms with Gasteiger partial charge < -0.3 is 0 Å². The van der Waals surface area contributed by atoms with Gasteiger partial charge in [0, 0.05) is 51.0 Å². The van der Waals surface area contributed by atoms with Crippen molar-refractivity contribution < 1.29 is 0 Å². The summed E-state index contributed by atoms with van der Waals surface area (Å²) < 4.78 is 0. The van der Waals surface area contributed by atoms with Crippen LogP contribution in [0.3, 0.4) is 0 Å². The molecule has 266 valence electrons. The Kier molecular flexibility index (Phi) is 6.88. The van der Waals surface area contributed by atoms with Crippen molar-refractivity contribution in [2.45, 2.75) is 38.5 Å². The van der Waals surface area contributed by atoms with Gasteiger partial charge in [0.15, 0.2) is 17.5 Å². The highest BCUT2D eigenvalue weighted by Crippen LogP contribution is 2.55. The van der Waals surface area contributed by atoms with E-state index in [1.807, 2.05) is 18.5 Å². The van der Waals surface area contributed by atoms with Gasteiger partial charge in [0.05, 0.1) is 11.4 Å². The zero-order valence-electron chi connectivity index (χ0n) is 31.7. The Hall–Kier alpha value is -6.85. The maximum Gasteiger partial charge on any atom is 0.165 e. The van der Waals surface area contributed by atoms with E-state index in [4.69, 9.17) is 24.9 Å². The molecule has 0 atom stereocenters. The molecule has 56 heavy (non-hydrogen) atoms. The van der Waals surface area contributed by atoms with Gasteiger partial charge in [-0.3, -0.25) is 9.97 Å². The van der Waals surface area contributed by atoms with Crippen LogP contribution in [0.2, 0.25) is 0 Å². The third kappa shape index (κ3) is 4.83. The van der Waals surface area contributed by atoms with Gasteiger partial charge in [-0.1, -0.05) is 131 Å². The Morgan fingerprint density at radius 3 is 1.82 bits per heavy atom. The lowest BCUT2D eigenvalue weighted by Gasteiger charge is -2.24. The first kappa shape index (κ1) is 32.6. The molecule has 6 aromatic carbocycles. The van der Waals surface area contributed by atoms with Crippen molar-refractivity contribution in [2.75, 3.05) is 0 Å². The van der Waals surface area contributed by atoms with Crippen molar-refractivity contribution in [2.24, 2.45) is 0 Å². The Balaban J connectivity index is 1.07. The summed E-state index contributed by atoms with van der Waals surface area (Å²) in [5.74, 6) is 1.84. The number of rotatable bonds is 4. The van der Waals surface area contributed by atoms with Gasteiger partial charge in [-0.25, -0.2) is 15.0 Å². The molecule has 11 rings (SSSR count). The summed E-state index contributed by atoms with van der Waals surface area (Å²) in [5.41, 5.74) is 14.1. The first-order valence-electron chi connectivity index (χ1n) is 19.2. The fourth-order valence-electron chi connectivity index (χ4n) is 9.10. The van der Waals surface area contributed by atoms with E-state index in [1.165, 1.54) is 44.2 Å². The van der Waals surface area contributed by atoms with E-state index in [1.54, 1.807) is 0 Å². The fourth-order valence-corrected chi connectivity index (χ4v) is 9.10. The Morgan fingerprint density at radius 1 is 0.375 bits per heavy atom. The van der Waals surface area contributed by atoms with Crippen LogP contribution in [0.4, 0.5) is 0 Å². The number of fused-ring (bicyclic) bond motifs is 8. The van der Waals surface area contributed by atoms with Crippen LogP contribution >= 0.6 is 0 Å². The molecule has 2 aliphatic carbocycles. The van der Waals surface area contributed by atoms with Crippen LogP contribution in [0, 0.1) is 0 Å². The molecular formula is C51H37N5. The van der Waals surface area contributed by atoms with Crippen LogP contribution < -0.4 is 0 Å². The van der Waals surface area contributed by atoms with E-state index in [9.17, 15) is 0 Å². The van der Waals surface area contributed by atoms with Gasteiger partial charge in [0.2, 0.25) is 0 Å². The van der Waals surface area contributed by atoms with Crippen molar-refractivity contribution in [3.63, 3.8) is 0 Å². The van der Waals surface area contributed by atoms with E-state index in [-0.39, 0.29) is 10.8 Å². The Morgan fingerprint density at radius 2 is 1.00 bits per heavy atom. The normalized spacial score (nSPS) is 14.4. The van der Waals surface area contributed by atoms with Crippen LogP contribution in [-0.2, 0) is 10.8 Å². The smallest absolute Gasteiger partial charge is 0.165 e. The molecule has 0 aliphatic heterocycles. The monoisotopic (exact) mass is 719 g/mol. The summed E-state index contributed by atoms with van der Waals surface area (Å²) in [5, 5.41) is 4.66. The Labute approximate surface area is 325 Å². The molecule has 0 saturated carbocycles. The summed E-state index contributed by atoms with van der Waals surface area (Å²) >= 11 is 0. The third-order valence-corrected chi connectivity index (χ3v) is 12.2. The van der Waals surface area contributed by atoms with Gasteiger partial charge in [-0.2, -0.15) is 0 Å². The number of pyridine rings is 2. The van der Waals surface area contributed by atoms with Gasteiger partial charge in [0.25, 0.3) is 0 Å². The number of aromatic nitrogens is 5. The second-order valence-corrected chi connectivity index (χ2v) is 16.2. The second-order valence-electron chi connectivity index (χ2n) is 16.2. The minimum atomic E-state index is -0.299. The zero-order chi connectivity index (χ0) is 37.8. The first-order chi connectivity index (χ1) is 27.2. The molecule has 0 spiro atoms. The van der Waals surface area contributed by atoms with Crippen LogP contribution in [0.1, 0.15) is 49.9 Å². The minimum absolute atomic E-state index is 0.147. The fraction of sp³-hybridized carbons (Fsp3) is 0.118. The average Bonchev–Trinajstić information content (AvgIpc) is 3.61. The van der Waals surface area contributed by atoms with Crippen molar-refractivity contribution >= 4 is 21.5 Å². The molecular weight excluding hydrogens is 683 g/mol. The highest BCUT2D eigenvalue weighted by atomic mass is 15.0. The van der Waals surface area contributed by atoms with Crippen LogP contribution in [0.5, 0.6) is 0 Å². The van der Waals surface area contributed by atoms with Crippen LogP contribution in [0.25, 0.3) is 89.4 Å². The maximum absolute atomic E-state index is 5.21. The molecule has 0 bridgehead atoms. The predicted octanol–water partition coefficient (Wildman–Crippen LogP) is 12.2.